The zero-order valence-corrected chi connectivity index (χ0v) is 67.5. The van der Waals surface area contributed by atoms with E-state index in [4.69, 9.17) is 0 Å². The van der Waals surface area contributed by atoms with Crippen molar-refractivity contribution in [2.75, 3.05) is 0 Å². The summed E-state index contributed by atoms with van der Waals surface area (Å²) in [4.78, 5) is 9.26. The van der Waals surface area contributed by atoms with Crippen molar-refractivity contribution in [1.29, 1.82) is 0 Å². The summed E-state index contributed by atoms with van der Waals surface area (Å²) < 4.78 is 4.85. The largest absolute Gasteiger partial charge is 0.212 e. The molecule has 0 spiro atoms. The van der Waals surface area contributed by atoms with Crippen molar-refractivity contribution in [3.63, 3.8) is 0 Å². The molecule has 93 heavy (non-hydrogen) atoms. The van der Waals surface area contributed by atoms with Crippen molar-refractivity contribution in [3.8, 4) is 29.3 Å². The molecule has 1 aromatic carbocycles. The third-order valence-electron chi connectivity index (χ3n) is 20.4. The van der Waals surface area contributed by atoms with Crippen LogP contribution in [0.25, 0.3) is 29.3 Å². The second-order valence-electron chi connectivity index (χ2n) is 30.4. The van der Waals surface area contributed by atoms with Crippen LogP contribution in [0.5, 0.6) is 0 Å². The molecule has 0 unspecified atom stereocenters. The summed E-state index contributed by atoms with van der Waals surface area (Å²) in [6, 6.07) is 24.1. The maximum atomic E-state index is 2.76. The highest BCUT2D eigenvalue weighted by Crippen LogP contribution is 2.43. The van der Waals surface area contributed by atoms with Gasteiger partial charge in [0.1, 0.15) is 0 Å². The Labute approximate surface area is 597 Å². The van der Waals surface area contributed by atoms with Crippen molar-refractivity contribution < 1.29 is 0 Å². The highest BCUT2D eigenvalue weighted by molar-refractivity contribution is 7.51. The first-order chi connectivity index (χ1) is 45.2. The SMILES string of the molecule is CCCCCCCCc1csc(-c2ccc([Si](c3cc(C(C)(C)C)cc(C(C)(C)C)c3)(c3ccc(-c4scc(CCCCCCCC)c4CCCCCCCC)s3)c3ccc(-c4scc(CCCCCCCC)c4CCCCCCCC)s3)s2)c1CCCCCCCC. The van der Waals surface area contributed by atoms with Gasteiger partial charge in [0.15, 0.2) is 0 Å². The monoisotopic (exact) mass is 1380 g/mol. The minimum Gasteiger partial charge on any atom is -0.143 e. The minimum atomic E-state index is -3.06. The van der Waals surface area contributed by atoms with E-state index in [-0.39, 0.29) is 10.8 Å². The van der Waals surface area contributed by atoms with Crippen LogP contribution in [0.1, 0.15) is 359 Å². The Morgan fingerprint density at radius 3 is 0.763 bits per heavy atom. The number of thiophene rings is 6. The number of hydrogen-bond acceptors (Lipinski definition) is 6. The lowest BCUT2D eigenvalue weighted by Gasteiger charge is -2.34. The molecule has 0 saturated heterocycles. The molecule has 0 bridgehead atoms. The van der Waals surface area contributed by atoms with Gasteiger partial charge < -0.3 is 0 Å². The molecule has 0 saturated carbocycles. The summed E-state index contributed by atoms with van der Waals surface area (Å²) in [7, 11) is -3.06. The second kappa shape index (κ2) is 41.9. The molecule has 0 fully saturated rings. The molecule has 7 rings (SSSR count). The summed E-state index contributed by atoms with van der Waals surface area (Å²) in [6.45, 7) is 28.9. The third-order valence-corrected chi connectivity index (χ3v) is 34.4. The molecule has 0 atom stereocenters. The van der Waals surface area contributed by atoms with Crippen LogP contribution in [0.4, 0.5) is 0 Å². The smallest absolute Gasteiger partial charge is 0.143 e. The van der Waals surface area contributed by atoms with E-state index in [0.717, 1.165) is 0 Å². The molecular formula is C86H132S6Si. The van der Waals surface area contributed by atoms with E-state index in [1.807, 2.05) is 0 Å². The van der Waals surface area contributed by atoms with Crippen molar-refractivity contribution >= 4 is 94.8 Å². The fourth-order valence-electron chi connectivity index (χ4n) is 14.3. The number of rotatable bonds is 49. The number of benzene rings is 1. The van der Waals surface area contributed by atoms with Gasteiger partial charge in [-0.05, 0) is 172 Å². The lowest BCUT2D eigenvalue weighted by atomic mass is 9.81. The van der Waals surface area contributed by atoms with Crippen molar-refractivity contribution in [1.82, 2.24) is 0 Å². The van der Waals surface area contributed by atoms with E-state index in [1.165, 1.54) is 295 Å². The third kappa shape index (κ3) is 23.4. The Bertz CT molecular complexity index is 2820. The molecule has 0 aliphatic carbocycles. The maximum Gasteiger partial charge on any atom is 0.212 e. The Morgan fingerprint density at radius 1 is 0.280 bits per heavy atom. The molecule has 0 aliphatic heterocycles. The summed E-state index contributed by atoms with van der Waals surface area (Å²) in [6.07, 6.45) is 55.8. The van der Waals surface area contributed by atoms with Gasteiger partial charge >= 0.3 is 0 Å². The van der Waals surface area contributed by atoms with Crippen molar-refractivity contribution in [2.45, 2.75) is 364 Å². The number of hydrogen-bond donors (Lipinski definition) is 0. The van der Waals surface area contributed by atoms with Gasteiger partial charge in [-0.25, -0.2) is 0 Å². The standard InChI is InChI=1S/C86H132S6Si/c1-13-19-25-31-37-43-49-67-64-87-82(73(67)52-46-40-34-28-22-16-4)76-55-58-79(90-76)93(72-62-70(85(7,8)9)61-71(63-72)86(10,11)12,80-59-56-77(91-80)83-74(53-47-41-35-29-23-17-5)68(65-88-83)50-44-38-32-26-20-14-2)81-60-57-78(92-81)84-75(54-48-42-36-30-24-18-6)69(66-89-84)51-45-39-33-27-21-15-3/h55-66H,13-54H2,1-12H3. The zero-order chi connectivity index (χ0) is 66.3. The number of unbranched alkanes of at least 4 members (excludes halogenated alkanes) is 30. The molecule has 0 aliphatic rings. The van der Waals surface area contributed by atoms with E-state index in [2.05, 4.69) is 222 Å². The van der Waals surface area contributed by atoms with Gasteiger partial charge in [-0.1, -0.05) is 312 Å². The Morgan fingerprint density at radius 2 is 0.516 bits per heavy atom. The average molecular weight is 1390 g/mol. The van der Waals surface area contributed by atoms with Crippen LogP contribution < -0.4 is 18.7 Å². The fraction of sp³-hybridized carbons (Fsp3) is 0.651. The predicted molar refractivity (Wildman–Crippen MR) is 434 cm³/mol. The van der Waals surface area contributed by atoms with Crippen LogP contribution in [0.3, 0.4) is 0 Å². The molecule has 7 heteroatoms. The fourth-order valence-corrected chi connectivity index (χ4v) is 30.3. The molecule has 516 valence electrons. The predicted octanol–water partition coefficient (Wildman–Crippen LogP) is 28.4. The van der Waals surface area contributed by atoms with Gasteiger partial charge in [-0.2, -0.15) is 0 Å². The molecule has 0 nitrogen and oxygen atoms in total. The maximum absolute atomic E-state index is 3.06. The van der Waals surface area contributed by atoms with Crippen LogP contribution in [0.15, 0.2) is 70.7 Å². The van der Waals surface area contributed by atoms with E-state index < -0.39 is 8.07 Å². The van der Waals surface area contributed by atoms with Gasteiger partial charge in [0, 0.05) is 42.8 Å². The lowest BCUT2D eigenvalue weighted by molar-refractivity contribution is 0.569. The van der Waals surface area contributed by atoms with Gasteiger partial charge in [-0.15, -0.1) is 68.0 Å². The van der Waals surface area contributed by atoms with E-state index in [1.54, 1.807) is 66.7 Å². The molecule has 7 aromatic rings. The van der Waals surface area contributed by atoms with Gasteiger partial charge in [0.05, 0.1) is 0 Å². The van der Waals surface area contributed by atoms with Crippen LogP contribution in [0.2, 0.25) is 0 Å². The van der Waals surface area contributed by atoms with E-state index >= 15 is 0 Å². The molecule has 0 radical (unpaired) electrons. The summed E-state index contributed by atoms with van der Waals surface area (Å²) in [5.41, 5.74) is 12.9. The summed E-state index contributed by atoms with van der Waals surface area (Å²) >= 11 is 12.9. The first-order valence-electron chi connectivity index (χ1n) is 39.0. The summed E-state index contributed by atoms with van der Waals surface area (Å²) in [5, 5.41) is 9.44. The molecule has 0 N–H and O–H groups in total. The molecule has 6 heterocycles. The zero-order valence-electron chi connectivity index (χ0n) is 61.6. The first-order valence-corrected chi connectivity index (χ1v) is 46.1. The number of aryl methyl sites for hydroxylation is 3. The summed E-state index contributed by atoms with van der Waals surface area (Å²) in [5.74, 6) is 0. The Balaban J connectivity index is 1.46. The minimum absolute atomic E-state index is 0.0174. The van der Waals surface area contributed by atoms with Crippen LogP contribution in [0, 0.1) is 0 Å². The normalized spacial score (nSPS) is 12.4. The van der Waals surface area contributed by atoms with E-state index in [0.29, 0.717) is 0 Å². The second-order valence-corrected chi connectivity index (χ2v) is 41.0. The van der Waals surface area contributed by atoms with Gasteiger partial charge in [0.2, 0.25) is 8.07 Å². The first kappa shape index (κ1) is 78.0. The highest BCUT2D eigenvalue weighted by atomic mass is 32.1. The lowest BCUT2D eigenvalue weighted by Crippen LogP contribution is -2.73. The van der Waals surface area contributed by atoms with Gasteiger partial charge in [0.25, 0.3) is 0 Å². The van der Waals surface area contributed by atoms with E-state index in [9.17, 15) is 0 Å². The van der Waals surface area contributed by atoms with Crippen LogP contribution in [-0.4, -0.2) is 8.07 Å². The quantitative estimate of drug-likeness (QED) is 0.0263. The topological polar surface area (TPSA) is 0 Å². The molecule has 6 aromatic heterocycles. The Kier molecular flexibility index (Phi) is 35.1. The van der Waals surface area contributed by atoms with Gasteiger partial charge in [-0.3, -0.25) is 0 Å². The van der Waals surface area contributed by atoms with Crippen molar-refractivity contribution in [3.05, 3.63) is 115 Å². The Hall–Kier alpha value is -2.36. The molecule has 0 amide bonds. The highest BCUT2D eigenvalue weighted by Gasteiger charge is 2.47. The van der Waals surface area contributed by atoms with Crippen LogP contribution >= 0.6 is 68.0 Å². The van der Waals surface area contributed by atoms with Crippen LogP contribution in [-0.2, 0) is 49.4 Å². The van der Waals surface area contributed by atoms with Crippen molar-refractivity contribution in [2.24, 2.45) is 0 Å². The molecular weight excluding hydrogens is 1250 g/mol. The average Bonchev–Trinajstić information content (AvgIpc) is 1.65.